The van der Waals surface area contributed by atoms with Gasteiger partial charge in [-0.3, -0.25) is 14.4 Å². The molecule has 1 aromatic carbocycles. The number of rotatable bonds is 8. The lowest BCUT2D eigenvalue weighted by Crippen LogP contribution is -2.56. The first-order valence-electron chi connectivity index (χ1n) is 11.9. The maximum absolute atomic E-state index is 13.8. The summed E-state index contributed by atoms with van der Waals surface area (Å²) in [4.78, 5) is 42.4. The standard InChI is InChI=1S/C25H35N3O5/c1-15(2)26-22(31)20-25-14-16(3)24(4,33-25)18(21(30)27-17-10-6-5-7-11-17)19(25)23(32)28(20)12-8-9-13-29/h5-7,10-11,15-16,18-20,29H,8-9,12-14H2,1-4H3,(H,26,31)(H,27,30)/t16?,18-,19+,20?,24+,25?/m1/s1. The van der Waals surface area contributed by atoms with Crippen LogP contribution in [0.25, 0.3) is 0 Å². The summed E-state index contributed by atoms with van der Waals surface area (Å²) < 4.78 is 6.64. The van der Waals surface area contributed by atoms with E-state index < -0.39 is 29.1 Å². The SMILES string of the molecule is CC(C)NC(=O)C1N(CCCCO)C(=O)[C@@H]2[C@H](C(=O)Nc3ccccc3)[C@@]3(C)OC12CC3C. The van der Waals surface area contributed by atoms with E-state index in [4.69, 9.17) is 4.74 Å². The number of amides is 3. The van der Waals surface area contributed by atoms with Gasteiger partial charge < -0.3 is 25.4 Å². The van der Waals surface area contributed by atoms with E-state index in [-0.39, 0.29) is 36.3 Å². The lowest BCUT2D eigenvalue weighted by Gasteiger charge is -2.36. The number of unbranched alkanes of at least 4 members (excludes halogenated alkanes) is 1. The summed E-state index contributed by atoms with van der Waals surface area (Å²) in [5, 5.41) is 15.2. The lowest BCUT2D eigenvalue weighted by atomic mass is 9.62. The fourth-order valence-corrected chi connectivity index (χ4v) is 6.18. The van der Waals surface area contributed by atoms with Gasteiger partial charge in [0.25, 0.3) is 0 Å². The molecule has 0 radical (unpaired) electrons. The number of aliphatic hydroxyl groups excluding tert-OH is 1. The molecule has 2 bridgehead atoms. The van der Waals surface area contributed by atoms with Crippen LogP contribution < -0.4 is 10.6 Å². The van der Waals surface area contributed by atoms with Gasteiger partial charge in [0, 0.05) is 24.9 Å². The number of hydrogen-bond donors (Lipinski definition) is 3. The van der Waals surface area contributed by atoms with Crippen molar-refractivity contribution in [2.75, 3.05) is 18.5 Å². The van der Waals surface area contributed by atoms with Crippen LogP contribution in [0.3, 0.4) is 0 Å². The second kappa shape index (κ2) is 8.72. The predicted octanol–water partition coefficient (Wildman–Crippen LogP) is 1.93. The number of carbonyl (C=O) groups excluding carboxylic acids is 3. The first-order chi connectivity index (χ1) is 15.7. The Hall–Kier alpha value is -2.45. The summed E-state index contributed by atoms with van der Waals surface area (Å²) in [6.07, 6.45) is 1.65. The summed E-state index contributed by atoms with van der Waals surface area (Å²) in [5.74, 6) is -2.13. The number of nitrogens with zero attached hydrogens (tertiary/aromatic N) is 1. The second-order valence-electron chi connectivity index (χ2n) is 10.2. The molecule has 6 atom stereocenters. The fourth-order valence-electron chi connectivity index (χ4n) is 6.18. The van der Waals surface area contributed by atoms with Crippen LogP contribution in [0.2, 0.25) is 0 Å². The van der Waals surface area contributed by atoms with Crippen LogP contribution in [-0.4, -0.2) is 64.2 Å². The molecule has 4 rings (SSSR count). The Kier molecular flexibility index (Phi) is 6.26. The minimum atomic E-state index is -1.04. The highest BCUT2D eigenvalue weighted by Gasteiger charge is 2.79. The van der Waals surface area contributed by atoms with Gasteiger partial charge in [0.2, 0.25) is 17.7 Å². The Morgan fingerprint density at radius 3 is 2.55 bits per heavy atom. The predicted molar refractivity (Wildman–Crippen MR) is 123 cm³/mol. The van der Waals surface area contributed by atoms with Gasteiger partial charge >= 0.3 is 0 Å². The van der Waals surface area contributed by atoms with Crippen molar-refractivity contribution in [1.82, 2.24) is 10.2 Å². The average Bonchev–Trinajstić information content (AvgIpc) is 3.25. The van der Waals surface area contributed by atoms with E-state index >= 15 is 0 Å². The molecule has 1 spiro atoms. The smallest absolute Gasteiger partial charge is 0.246 e. The van der Waals surface area contributed by atoms with Crippen molar-refractivity contribution in [3.8, 4) is 0 Å². The Labute approximate surface area is 195 Å². The molecular weight excluding hydrogens is 422 g/mol. The van der Waals surface area contributed by atoms with Gasteiger partial charge in [-0.1, -0.05) is 25.1 Å². The Morgan fingerprint density at radius 1 is 1.21 bits per heavy atom. The third-order valence-electron chi connectivity index (χ3n) is 7.62. The van der Waals surface area contributed by atoms with E-state index in [0.717, 1.165) is 0 Å². The van der Waals surface area contributed by atoms with Gasteiger partial charge in [-0.15, -0.1) is 0 Å². The van der Waals surface area contributed by atoms with Crippen LogP contribution in [0.5, 0.6) is 0 Å². The lowest BCUT2D eigenvalue weighted by molar-refractivity contribution is -0.146. The maximum Gasteiger partial charge on any atom is 0.246 e. The minimum absolute atomic E-state index is 0.000171. The zero-order valence-corrected chi connectivity index (χ0v) is 19.8. The molecule has 8 heteroatoms. The molecule has 8 nitrogen and oxygen atoms in total. The number of anilines is 1. The number of ether oxygens (including phenoxy) is 1. The van der Waals surface area contributed by atoms with Crippen LogP contribution >= 0.6 is 0 Å². The van der Waals surface area contributed by atoms with E-state index in [2.05, 4.69) is 10.6 Å². The van der Waals surface area contributed by atoms with Gasteiger partial charge in [-0.25, -0.2) is 0 Å². The molecule has 0 aliphatic carbocycles. The first kappa shape index (κ1) is 23.7. The molecule has 0 saturated carbocycles. The van der Waals surface area contributed by atoms with Crippen molar-refractivity contribution in [2.24, 2.45) is 17.8 Å². The molecule has 3 aliphatic rings. The molecule has 0 aromatic heterocycles. The normalized spacial score (nSPS) is 34.6. The highest BCUT2D eigenvalue weighted by atomic mass is 16.5. The largest absolute Gasteiger partial charge is 0.396 e. The van der Waals surface area contributed by atoms with Crippen LogP contribution in [0.4, 0.5) is 5.69 Å². The third kappa shape index (κ3) is 3.73. The number of benzene rings is 1. The molecule has 3 fully saturated rings. The monoisotopic (exact) mass is 457 g/mol. The Bertz CT molecular complexity index is 922. The minimum Gasteiger partial charge on any atom is -0.396 e. The summed E-state index contributed by atoms with van der Waals surface area (Å²) in [5.41, 5.74) is -1.22. The fraction of sp³-hybridized carbons (Fsp3) is 0.640. The molecule has 180 valence electrons. The van der Waals surface area contributed by atoms with Crippen molar-refractivity contribution in [3.05, 3.63) is 30.3 Å². The first-order valence-corrected chi connectivity index (χ1v) is 11.9. The van der Waals surface area contributed by atoms with E-state index in [1.807, 2.05) is 58.0 Å². The third-order valence-corrected chi connectivity index (χ3v) is 7.62. The summed E-state index contributed by atoms with van der Waals surface area (Å²) in [6.45, 7) is 8.06. The van der Waals surface area contributed by atoms with Crippen molar-refractivity contribution in [3.63, 3.8) is 0 Å². The molecule has 3 saturated heterocycles. The van der Waals surface area contributed by atoms with E-state index in [9.17, 15) is 19.5 Å². The topological polar surface area (TPSA) is 108 Å². The van der Waals surface area contributed by atoms with Crippen molar-refractivity contribution in [2.45, 2.75) is 70.2 Å². The van der Waals surface area contributed by atoms with Gasteiger partial charge in [-0.05, 0) is 58.1 Å². The van der Waals surface area contributed by atoms with Crippen molar-refractivity contribution < 1.29 is 24.2 Å². The Balaban J connectivity index is 1.72. The van der Waals surface area contributed by atoms with E-state index in [1.54, 1.807) is 4.90 Å². The molecule has 3 amide bonds. The van der Waals surface area contributed by atoms with Crippen LogP contribution in [-0.2, 0) is 19.1 Å². The number of fused-ring (bicyclic) bond motifs is 1. The number of aliphatic hydroxyl groups is 1. The summed E-state index contributed by atoms with van der Waals surface area (Å²) in [6, 6.07) is 8.29. The van der Waals surface area contributed by atoms with Crippen molar-refractivity contribution in [1.29, 1.82) is 0 Å². The maximum atomic E-state index is 13.8. The summed E-state index contributed by atoms with van der Waals surface area (Å²) in [7, 11) is 0. The van der Waals surface area contributed by atoms with Crippen LogP contribution in [0.1, 0.15) is 47.0 Å². The van der Waals surface area contributed by atoms with Gasteiger partial charge in [0.1, 0.15) is 11.6 Å². The molecule has 3 unspecified atom stereocenters. The molecule has 3 heterocycles. The molecule has 3 N–H and O–H groups in total. The number of nitrogens with one attached hydrogen (secondary N) is 2. The van der Waals surface area contributed by atoms with Crippen LogP contribution in [0, 0.1) is 17.8 Å². The number of hydrogen-bond acceptors (Lipinski definition) is 5. The van der Waals surface area contributed by atoms with E-state index in [1.165, 1.54) is 0 Å². The zero-order valence-electron chi connectivity index (χ0n) is 19.8. The highest BCUT2D eigenvalue weighted by Crippen LogP contribution is 2.65. The van der Waals surface area contributed by atoms with E-state index in [0.29, 0.717) is 31.5 Å². The van der Waals surface area contributed by atoms with Gasteiger partial charge in [0.05, 0.1) is 17.4 Å². The summed E-state index contributed by atoms with van der Waals surface area (Å²) >= 11 is 0. The molecular formula is C25H35N3O5. The van der Waals surface area contributed by atoms with Crippen molar-refractivity contribution >= 4 is 23.4 Å². The zero-order chi connectivity index (χ0) is 24.0. The second-order valence-corrected chi connectivity index (χ2v) is 10.2. The van der Waals surface area contributed by atoms with Gasteiger partial charge in [-0.2, -0.15) is 0 Å². The van der Waals surface area contributed by atoms with Gasteiger partial charge in [0.15, 0.2) is 0 Å². The Morgan fingerprint density at radius 2 is 1.91 bits per heavy atom. The number of carbonyl (C=O) groups is 3. The number of para-hydroxylation sites is 1. The quantitative estimate of drug-likeness (QED) is 0.517. The average molecular weight is 458 g/mol. The molecule has 1 aromatic rings. The molecule has 33 heavy (non-hydrogen) atoms. The number of likely N-dealkylation sites (tertiary alicyclic amines) is 1. The van der Waals surface area contributed by atoms with Crippen LogP contribution in [0.15, 0.2) is 30.3 Å². The molecule has 3 aliphatic heterocycles. The highest BCUT2D eigenvalue weighted by molar-refractivity contribution is 6.02.